The van der Waals surface area contributed by atoms with E-state index in [4.69, 9.17) is 4.74 Å². The summed E-state index contributed by atoms with van der Waals surface area (Å²) in [5.41, 5.74) is 1.04. The number of carbonyl (C=O) groups is 2. The maximum atomic E-state index is 12.4. The van der Waals surface area contributed by atoms with E-state index in [1.165, 1.54) is 11.3 Å². The molecule has 0 saturated carbocycles. The van der Waals surface area contributed by atoms with Crippen LogP contribution >= 0.6 is 11.3 Å². The van der Waals surface area contributed by atoms with E-state index >= 15 is 0 Å². The third kappa shape index (κ3) is 4.94. The van der Waals surface area contributed by atoms with Gasteiger partial charge in [0, 0.05) is 39.0 Å². The number of nitrogens with zero attached hydrogens (tertiary/aromatic N) is 4. The topological polar surface area (TPSA) is 87.7 Å². The van der Waals surface area contributed by atoms with E-state index in [0.29, 0.717) is 18.2 Å². The quantitative estimate of drug-likeness (QED) is 0.812. The lowest BCUT2D eigenvalue weighted by atomic mass is 10.2. The van der Waals surface area contributed by atoms with Gasteiger partial charge >= 0.3 is 0 Å². The molecule has 0 unspecified atom stereocenters. The van der Waals surface area contributed by atoms with Crippen molar-refractivity contribution in [2.24, 2.45) is 0 Å². The molecule has 0 atom stereocenters. The number of hydrogen-bond acceptors (Lipinski definition) is 7. The number of nitrogens with one attached hydrogen (secondary N) is 1. The van der Waals surface area contributed by atoms with Crippen LogP contribution in [0.25, 0.3) is 0 Å². The van der Waals surface area contributed by atoms with Gasteiger partial charge in [0.1, 0.15) is 10.8 Å². The molecule has 3 rings (SSSR count). The smallest absolute Gasteiger partial charge is 0.226 e. The third-order valence-electron chi connectivity index (χ3n) is 4.40. The number of anilines is 2. The number of methoxy groups -OCH3 is 1. The van der Waals surface area contributed by atoms with Crippen molar-refractivity contribution >= 4 is 34.0 Å². The van der Waals surface area contributed by atoms with E-state index < -0.39 is 0 Å². The average molecular weight is 389 g/mol. The molecule has 2 heterocycles. The molecule has 9 heteroatoms. The number of carbonyl (C=O) groups excluding carboxylic acids is 2. The Bertz CT molecular complexity index is 802. The third-order valence-corrected chi connectivity index (χ3v) is 5.15. The van der Waals surface area contributed by atoms with Crippen LogP contribution in [0.1, 0.15) is 17.8 Å². The highest BCUT2D eigenvalue weighted by Crippen LogP contribution is 2.28. The summed E-state index contributed by atoms with van der Waals surface area (Å²) in [7, 11) is 1.66. The summed E-state index contributed by atoms with van der Waals surface area (Å²) in [5, 5.41) is 11.6. The van der Waals surface area contributed by atoms with Gasteiger partial charge < -0.3 is 19.9 Å². The van der Waals surface area contributed by atoms with Crippen LogP contribution in [0.2, 0.25) is 0 Å². The van der Waals surface area contributed by atoms with Crippen LogP contribution in [-0.2, 0) is 9.59 Å². The van der Waals surface area contributed by atoms with Crippen molar-refractivity contribution < 1.29 is 14.3 Å². The first kappa shape index (κ1) is 19.1. The summed E-state index contributed by atoms with van der Waals surface area (Å²) in [6, 6.07) is 7.88. The zero-order valence-corrected chi connectivity index (χ0v) is 16.3. The molecule has 0 radical (unpaired) electrons. The number of amides is 2. The number of para-hydroxylation sites is 2. The van der Waals surface area contributed by atoms with Crippen LogP contribution in [0.15, 0.2) is 24.3 Å². The molecule has 1 N–H and O–H groups in total. The second kappa shape index (κ2) is 8.81. The van der Waals surface area contributed by atoms with Gasteiger partial charge in [-0.05, 0) is 19.1 Å². The Balaban J connectivity index is 1.45. The maximum Gasteiger partial charge on any atom is 0.226 e. The molecular formula is C18H23N5O3S. The second-order valence-corrected chi connectivity index (χ2v) is 7.40. The fraction of sp³-hybridized carbons (Fsp3) is 0.444. The van der Waals surface area contributed by atoms with E-state index in [1.54, 1.807) is 7.11 Å². The van der Waals surface area contributed by atoms with E-state index in [0.717, 1.165) is 29.5 Å². The highest BCUT2D eigenvalue weighted by molar-refractivity contribution is 7.15. The summed E-state index contributed by atoms with van der Waals surface area (Å²) in [6.45, 7) is 4.56. The van der Waals surface area contributed by atoms with Gasteiger partial charge in [-0.2, -0.15) is 0 Å². The minimum atomic E-state index is -0.216. The highest BCUT2D eigenvalue weighted by atomic mass is 32.1. The van der Waals surface area contributed by atoms with Crippen molar-refractivity contribution in [3.05, 3.63) is 29.3 Å². The van der Waals surface area contributed by atoms with Crippen LogP contribution in [-0.4, -0.2) is 60.2 Å². The van der Waals surface area contributed by atoms with Crippen LogP contribution in [0.5, 0.6) is 5.75 Å². The highest BCUT2D eigenvalue weighted by Gasteiger charge is 2.23. The van der Waals surface area contributed by atoms with E-state index in [1.807, 2.05) is 36.1 Å². The van der Waals surface area contributed by atoms with Crippen LogP contribution in [0.4, 0.5) is 10.8 Å². The molecule has 8 nitrogen and oxygen atoms in total. The Hall–Kier alpha value is -2.68. The second-order valence-electron chi connectivity index (χ2n) is 6.21. The van der Waals surface area contributed by atoms with Gasteiger partial charge in [0.15, 0.2) is 0 Å². The number of piperazine rings is 1. The summed E-state index contributed by atoms with van der Waals surface area (Å²) < 4.78 is 5.41. The van der Waals surface area contributed by atoms with Crippen molar-refractivity contribution in [1.29, 1.82) is 0 Å². The normalized spacial score (nSPS) is 14.1. The number of rotatable bonds is 6. The lowest BCUT2D eigenvalue weighted by molar-refractivity contribution is -0.133. The Morgan fingerprint density at radius 1 is 1.15 bits per heavy atom. The largest absolute Gasteiger partial charge is 0.495 e. The summed E-state index contributed by atoms with van der Waals surface area (Å²) in [6.07, 6.45) is 0.336. The van der Waals surface area contributed by atoms with Crippen LogP contribution < -0.4 is 15.0 Å². The number of aromatic nitrogens is 2. The first-order valence-corrected chi connectivity index (χ1v) is 9.64. The molecule has 2 aromatic rings. The molecule has 0 bridgehead atoms. The predicted molar refractivity (Wildman–Crippen MR) is 104 cm³/mol. The predicted octanol–water partition coefficient (Wildman–Crippen LogP) is 1.92. The molecule has 1 aromatic carbocycles. The monoisotopic (exact) mass is 389 g/mol. The molecule has 27 heavy (non-hydrogen) atoms. The van der Waals surface area contributed by atoms with Gasteiger partial charge in [-0.15, -0.1) is 10.2 Å². The number of ether oxygens (including phenoxy) is 1. The van der Waals surface area contributed by atoms with E-state index in [-0.39, 0.29) is 24.7 Å². The van der Waals surface area contributed by atoms with Crippen molar-refractivity contribution in [3.8, 4) is 5.75 Å². The van der Waals surface area contributed by atoms with Gasteiger partial charge in [-0.3, -0.25) is 9.59 Å². The zero-order chi connectivity index (χ0) is 19.2. The van der Waals surface area contributed by atoms with Crippen molar-refractivity contribution in [2.45, 2.75) is 19.8 Å². The SMILES string of the molecule is COc1ccccc1N1CCN(C(=O)CCC(=O)Nc2nnc(C)s2)CC1. The number of benzene rings is 1. The van der Waals surface area contributed by atoms with Gasteiger partial charge in [0.25, 0.3) is 0 Å². The van der Waals surface area contributed by atoms with Gasteiger partial charge in [0.2, 0.25) is 16.9 Å². The molecule has 144 valence electrons. The molecule has 1 aliphatic rings. The molecule has 1 aromatic heterocycles. The number of hydrogen-bond donors (Lipinski definition) is 1. The fourth-order valence-corrected chi connectivity index (χ4v) is 3.60. The lowest BCUT2D eigenvalue weighted by Crippen LogP contribution is -2.49. The molecule has 1 fully saturated rings. The van der Waals surface area contributed by atoms with Gasteiger partial charge in [0.05, 0.1) is 12.8 Å². The lowest BCUT2D eigenvalue weighted by Gasteiger charge is -2.36. The molecule has 1 aliphatic heterocycles. The molecule has 0 spiro atoms. The zero-order valence-electron chi connectivity index (χ0n) is 15.5. The molecular weight excluding hydrogens is 366 g/mol. The summed E-state index contributed by atoms with van der Waals surface area (Å²) >= 11 is 1.31. The fourth-order valence-electron chi connectivity index (χ4n) is 3.00. The molecule has 0 aliphatic carbocycles. The van der Waals surface area contributed by atoms with Gasteiger partial charge in [-0.25, -0.2) is 0 Å². The summed E-state index contributed by atoms with van der Waals surface area (Å²) in [5.74, 6) is 0.617. The van der Waals surface area contributed by atoms with Crippen LogP contribution in [0.3, 0.4) is 0 Å². The van der Waals surface area contributed by atoms with E-state index in [2.05, 4.69) is 20.4 Å². The Morgan fingerprint density at radius 3 is 2.56 bits per heavy atom. The summed E-state index contributed by atoms with van der Waals surface area (Å²) in [4.78, 5) is 28.4. The Kier molecular flexibility index (Phi) is 6.23. The standard InChI is InChI=1S/C18H23N5O3S/c1-13-20-21-18(27-13)19-16(24)7-8-17(25)23-11-9-22(10-12-23)14-5-3-4-6-15(14)26-2/h3-6H,7-12H2,1-2H3,(H,19,21,24). The Labute approximate surface area is 162 Å². The van der Waals surface area contributed by atoms with Crippen molar-refractivity contribution in [3.63, 3.8) is 0 Å². The van der Waals surface area contributed by atoms with Crippen LogP contribution in [0, 0.1) is 6.92 Å². The molecule has 1 saturated heterocycles. The molecule has 2 amide bonds. The van der Waals surface area contributed by atoms with Crippen molar-refractivity contribution in [2.75, 3.05) is 43.5 Å². The Morgan fingerprint density at radius 2 is 1.89 bits per heavy atom. The number of aryl methyl sites for hydroxylation is 1. The minimum Gasteiger partial charge on any atom is -0.495 e. The first-order chi connectivity index (χ1) is 13.1. The van der Waals surface area contributed by atoms with Gasteiger partial charge in [-0.1, -0.05) is 23.5 Å². The maximum absolute atomic E-state index is 12.4. The average Bonchev–Trinajstić information content (AvgIpc) is 3.10. The van der Waals surface area contributed by atoms with E-state index in [9.17, 15) is 9.59 Å². The first-order valence-electron chi connectivity index (χ1n) is 8.82. The van der Waals surface area contributed by atoms with Crippen molar-refractivity contribution in [1.82, 2.24) is 15.1 Å². The minimum absolute atomic E-state index is 0.00160.